The predicted octanol–water partition coefficient (Wildman–Crippen LogP) is 4.94. The van der Waals surface area contributed by atoms with Crippen LogP contribution >= 0.6 is 0 Å². The van der Waals surface area contributed by atoms with Crippen LogP contribution in [0, 0.1) is 0 Å². The summed E-state index contributed by atoms with van der Waals surface area (Å²) in [7, 11) is 0. The predicted molar refractivity (Wildman–Crippen MR) is 96.2 cm³/mol. The van der Waals surface area contributed by atoms with Crippen LogP contribution in [0.25, 0.3) is 10.8 Å². The van der Waals surface area contributed by atoms with Crippen molar-refractivity contribution in [2.24, 2.45) is 0 Å². The number of benzene rings is 3. The van der Waals surface area contributed by atoms with Crippen LogP contribution in [0.1, 0.15) is 34.3 Å². The van der Waals surface area contributed by atoms with Gasteiger partial charge in [0.1, 0.15) is 6.10 Å². The Kier molecular flexibility index (Phi) is 4.04. The maximum atomic E-state index is 12.3. The van der Waals surface area contributed by atoms with E-state index in [4.69, 9.17) is 4.74 Å². The second-order valence-electron chi connectivity index (χ2n) is 6.40. The Morgan fingerprint density at radius 2 is 1.42 bits per heavy atom. The summed E-state index contributed by atoms with van der Waals surface area (Å²) in [5.41, 5.74) is 3.36. The van der Waals surface area contributed by atoms with E-state index in [9.17, 15) is 4.79 Å². The molecule has 0 saturated carbocycles. The van der Waals surface area contributed by atoms with E-state index < -0.39 is 0 Å². The number of esters is 1. The molecule has 0 saturated heterocycles. The standard InChI is InChI=1S/C22H20O2/c23-22(19-6-2-1-3-7-19)24-20-14-12-17-10-4-8-16-9-5-11-18(13-15-20)21(16)17/h1-11,20H,12-15H2. The Balaban J connectivity index is 1.55. The van der Waals surface area contributed by atoms with Crippen LogP contribution in [0.4, 0.5) is 0 Å². The summed E-state index contributed by atoms with van der Waals surface area (Å²) in [6, 6.07) is 22.3. The highest BCUT2D eigenvalue weighted by Gasteiger charge is 2.20. The summed E-state index contributed by atoms with van der Waals surface area (Å²) in [4.78, 5) is 12.3. The fourth-order valence-electron chi connectivity index (χ4n) is 3.61. The third-order valence-electron chi connectivity index (χ3n) is 4.83. The molecular weight excluding hydrogens is 296 g/mol. The first kappa shape index (κ1) is 14.9. The van der Waals surface area contributed by atoms with Crippen molar-refractivity contribution in [1.82, 2.24) is 0 Å². The first-order chi connectivity index (χ1) is 11.8. The van der Waals surface area contributed by atoms with E-state index >= 15 is 0 Å². The van der Waals surface area contributed by atoms with Gasteiger partial charge in [-0.3, -0.25) is 0 Å². The van der Waals surface area contributed by atoms with Gasteiger partial charge in [-0.1, -0.05) is 54.6 Å². The second kappa shape index (κ2) is 6.48. The number of ether oxygens (including phenoxy) is 1. The number of aryl methyl sites for hydroxylation is 2. The summed E-state index contributed by atoms with van der Waals surface area (Å²) < 4.78 is 5.78. The number of rotatable bonds is 2. The number of hydrogen-bond donors (Lipinski definition) is 0. The van der Waals surface area contributed by atoms with Crippen LogP contribution in [0.3, 0.4) is 0 Å². The molecule has 24 heavy (non-hydrogen) atoms. The van der Waals surface area contributed by atoms with Gasteiger partial charge >= 0.3 is 5.97 Å². The van der Waals surface area contributed by atoms with Crippen molar-refractivity contribution in [2.45, 2.75) is 31.8 Å². The fraction of sp³-hybridized carbons (Fsp3) is 0.227. The lowest BCUT2D eigenvalue weighted by Crippen LogP contribution is -2.21. The molecule has 120 valence electrons. The van der Waals surface area contributed by atoms with Crippen molar-refractivity contribution in [3.8, 4) is 0 Å². The molecule has 0 unspecified atom stereocenters. The molecule has 2 heteroatoms. The minimum atomic E-state index is -0.215. The summed E-state index contributed by atoms with van der Waals surface area (Å²) >= 11 is 0. The van der Waals surface area contributed by atoms with Gasteiger partial charge in [-0.2, -0.15) is 0 Å². The number of carbonyl (C=O) groups excluding carboxylic acids is 1. The van der Waals surface area contributed by atoms with Crippen molar-refractivity contribution >= 4 is 16.7 Å². The molecule has 0 N–H and O–H groups in total. The molecule has 4 rings (SSSR count). The van der Waals surface area contributed by atoms with Gasteiger partial charge in [0.05, 0.1) is 5.56 Å². The van der Waals surface area contributed by atoms with Crippen LogP contribution < -0.4 is 0 Å². The Morgan fingerprint density at radius 3 is 2.04 bits per heavy atom. The zero-order chi connectivity index (χ0) is 16.4. The van der Waals surface area contributed by atoms with Crippen molar-refractivity contribution in [2.75, 3.05) is 0 Å². The van der Waals surface area contributed by atoms with Crippen molar-refractivity contribution in [3.05, 3.63) is 83.4 Å². The molecule has 0 heterocycles. The molecular formula is C22H20O2. The third kappa shape index (κ3) is 2.92. The van der Waals surface area contributed by atoms with Crippen LogP contribution in [-0.2, 0) is 17.6 Å². The second-order valence-corrected chi connectivity index (χ2v) is 6.40. The SMILES string of the molecule is O=C(OC1CCc2cccc3cccc(c23)CC1)c1ccccc1. The fourth-order valence-corrected chi connectivity index (χ4v) is 3.61. The van der Waals surface area contributed by atoms with Crippen LogP contribution in [0.5, 0.6) is 0 Å². The Hall–Kier alpha value is -2.61. The lowest BCUT2D eigenvalue weighted by atomic mass is 9.89. The van der Waals surface area contributed by atoms with E-state index in [1.54, 1.807) is 12.1 Å². The lowest BCUT2D eigenvalue weighted by Gasteiger charge is -2.22. The molecule has 0 amide bonds. The van der Waals surface area contributed by atoms with Gasteiger partial charge in [-0.25, -0.2) is 4.79 Å². The third-order valence-corrected chi connectivity index (χ3v) is 4.83. The lowest BCUT2D eigenvalue weighted by molar-refractivity contribution is 0.0262. The monoisotopic (exact) mass is 316 g/mol. The van der Waals surface area contributed by atoms with Gasteiger partial charge in [-0.05, 0) is 59.7 Å². The zero-order valence-corrected chi connectivity index (χ0v) is 13.6. The maximum Gasteiger partial charge on any atom is 0.338 e. The van der Waals surface area contributed by atoms with Gasteiger partial charge in [0.15, 0.2) is 0 Å². The van der Waals surface area contributed by atoms with E-state index in [1.165, 1.54) is 21.9 Å². The quantitative estimate of drug-likeness (QED) is 0.626. The minimum Gasteiger partial charge on any atom is -0.459 e. The number of carbonyl (C=O) groups is 1. The average Bonchev–Trinajstić information content (AvgIpc) is 2.62. The Labute approximate surface area is 142 Å². The minimum absolute atomic E-state index is 0.0266. The highest BCUT2D eigenvalue weighted by molar-refractivity contribution is 5.90. The zero-order valence-electron chi connectivity index (χ0n) is 13.6. The van der Waals surface area contributed by atoms with Gasteiger partial charge in [0, 0.05) is 0 Å². The molecule has 2 nitrogen and oxygen atoms in total. The van der Waals surface area contributed by atoms with Crippen molar-refractivity contribution in [3.63, 3.8) is 0 Å². The smallest absolute Gasteiger partial charge is 0.338 e. The van der Waals surface area contributed by atoms with Crippen LogP contribution in [0.2, 0.25) is 0 Å². The summed E-state index contributed by atoms with van der Waals surface area (Å²) in [5.74, 6) is -0.215. The highest BCUT2D eigenvalue weighted by Crippen LogP contribution is 2.29. The van der Waals surface area contributed by atoms with Crippen molar-refractivity contribution in [1.29, 1.82) is 0 Å². The van der Waals surface area contributed by atoms with Gasteiger partial charge in [-0.15, -0.1) is 0 Å². The molecule has 0 aromatic heterocycles. The molecule has 1 aliphatic carbocycles. The molecule has 0 radical (unpaired) electrons. The van der Waals surface area contributed by atoms with Gasteiger partial charge < -0.3 is 4.74 Å². The first-order valence-corrected chi connectivity index (χ1v) is 8.57. The van der Waals surface area contributed by atoms with E-state index in [-0.39, 0.29) is 12.1 Å². The molecule has 3 aromatic rings. The van der Waals surface area contributed by atoms with E-state index in [1.807, 2.05) is 18.2 Å². The summed E-state index contributed by atoms with van der Waals surface area (Å²) in [5, 5.41) is 2.71. The average molecular weight is 316 g/mol. The normalized spacial score (nSPS) is 14.8. The molecule has 3 aromatic carbocycles. The number of hydrogen-bond acceptors (Lipinski definition) is 2. The molecule has 0 atom stereocenters. The molecule has 0 bridgehead atoms. The molecule has 0 aliphatic heterocycles. The summed E-state index contributed by atoms with van der Waals surface area (Å²) in [6.45, 7) is 0. The highest BCUT2D eigenvalue weighted by atomic mass is 16.5. The van der Waals surface area contributed by atoms with E-state index in [0.717, 1.165) is 25.7 Å². The van der Waals surface area contributed by atoms with E-state index in [2.05, 4.69) is 36.4 Å². The molecule has 1 aliphatic rings. The topological polar surface area (TPSA) is 26.3 Å². The van der Waals surface area contributed by atoms with Gasteiger partial charge in [0.2, 0.25) is 0 Å². The van der Waals surface area contributed by atoms with Crippen molar-refractivity contribution < 1.29 is 9.53 Å². The molecule has 0 fully saturated rings. The van der Waals surface area contributed by atoms with Gasteiger partial charge in [0.25, 0.3) is 0 Å². The van der Waals surface area contributed by atoms with Crippen LogP contribution in [-0.4, -0.2) is 12.1 Å². The summed E-state index contributed by atoms with van der Waals surface area (Å²) in [6.07, 6.45) is 3.63. The molecule has 0 spiro atoms. The maximum absolute atomic E-state index is 12.3. The van der Waals surface area contributed by atoms with Crippen LogP contribution in [0.15, 0.2) is 66.7 Å². The van der Waals surface area contributed by atoms with E-state index in [0.29, 0.717) is 5.56 Å². The Morgan fingerprint density at radius 1 is 0.792 bits per heavy atom. The first-order valence-electron chi connectivity index (χ1n) is 8.57. The largest absolute Gasteiger partial charge is 0.459 e. The Bertz CT molecular complexity index is 825.